The summed E-state index contributed by atoms with van der Waals surface area (Å²) >= 11 is 0. The second-order valence-corrected chi connectivity index (χ2v) is 4.46. The van der Waals surface area contributed by atoms with Gasteiger partial charge in [-0.15, -0.1) is 0 Å². The number of halogens is 5. The Labute approximate surface area is 122 Å². The van der Waals surface area contributed by atoms with Crippen molar-refractivity contribution in [2.45, 2.75) is 6.18 Å². The molecule has 4 nitrogen and oxygen atoms in total. The van der Waals surface area contributed by atoms with E-state index in [4.69, 9.17) is 4.74 Å². The van der Waals surface area contributed by atoms with Gasteiger partial charge in [0.15, 0.2) is 17.3 Å². The summed E-state index contributed by atoms with van der Waals surface area (Å²) in [5, 5.41) is 0. The Morgan fingerprint density at radius 2 is 1.73 bits per heavy atom. The molecule has 0 aliphatic rings. The van der Waals surface area contributed by atoms with Crippen molar-refractivity contribution in [3.05, 3.63) is 41.6 Å². The van der Waals surface area contributed by atoms with Crippen molar-refractivity contribution in [1.29, 1.82) is 0 Å². The summed E-state index contributed by atoms with van der Waals surface area (Å²) in [4.78, 5) is 8.25. The van der Waals surface area contributed by atoms with E-state index in [1.165, 1.54) is 19.0 Å². The van der Waals surface area contributed by atoms with Gasteiger partial charge in [-0.3, -0.25) is 0 Å². The highest BCUT2D eigenvalue weighted by molar-refractivity contribution is 5.40. The summed E-state index contributed by atoms with van der Waals surface area (Å²) in [6.07, 6.45) is -4.72. The highest BCUT2D eigenvalue weighted by Gasteiger charge is 2.34. The van der Waals surface area contributed by atoms with E-state index in [9.17, 15) is 22.0 Å². The molecule has 22 heavy (non-hydrogen) atoms. The topological polar surface area (TPSA) is 38.2 Å². The first-order valence-electron chi connectivity index (χ1n) is 5.93. The van der Waals surface area contributed by atoms with Crippen molar-refractivity contribution in [3.8, 4) is 11.8 Å². The standard InChI is InChI=1S/C13H10F5N3O/c1-21(2)11-6-10(13(16,17)18)19-12(20-11)22-9-4-3-7(14)5-8(9)15/h3-6H,1-2H3. The lowest BCUT2D eigenvalue weighted by atomic mass is 10.3. The van der Waals surface area contributed by atoms with E-state index in [2.05, 4.69) is 9.97 Å². The van der Waals surface area contributed by atoms with Gasteiger partial charge in [0.05, 0.1) is 0 Å². The van der Waals surface area contributed by atoms with E-state index in [1.54, 1.807) is 0 Å². The normalized spacial score (nSPS) is 11.4. The van der Waals surface area contributed by atoms with Gasteiger partial charge in [0, 0.05) is 26.2 Å². The van der Waals surface area contributed by atoms with Gasteiger partial charge >= 0.3 is 12.2 Å². The average Bonchev–Trinajstić information content (AvgIpc) is 2.40. The maximum absolute atomic E-state index is 13.5. The molecule has 0 aliphatic carbocycles. The summed E-state index contributed by atoms with van der Waals surface area (Å²) < 4.78 is 69.6. The van der Waals surface area contributed by atoms with E-state index >= 15 is 0 Å². The zero-order chi connectivity index (χ0) is 16.5. The Morgan fingerprint density at radius 3 is 2.27 bits per heavy atom. The molecule has 0 saturated heterocycles. The van der Waals surface area contributed by atoms with Crippen LogP contribution in [0.5, 0.6) is 11.8 Å². The zero-order valence-electron chi connectivity index (χ0n) is 11.4. The van der Waals surface area contributed by atoms with Crippen LogP contribution in [0.2, 0.25) is 0 Å². The third kappa shape index (κ3) is 3.60. The van der Waals surface area contributed by atoms with Gasteiger partial charge in [0.25, 0.3) is 0 Å². The molecule has 1 aromatic carbocycles. The smallest absolute Gasteiger partial charge is 0.421 e. The van der Waals surface area contributed by atoms with E-state index < -0.39 is 35.3 Å². The SMILES string of the molecule is CN(C)c1cc(C(F)(F)F)nc(Oc2ccc(F)cc2F)n1. The molecule has 0 saturated carbocycles. The monoisotopic (exact) mass is 319 g/mol. The molecule has 0 amide bonds. The molecule has 9 heteroatoms. The lowest BCUT2D eigenvalue weighted by Crippen LogP contribution is -2.16. The molecule has 0 spiro atoms. The van der Waals surface area contributed by atoms with Gasteiger partial charge in [-0.1, -0.05) is 0 Å². The van der Waals surface area contributed by atoms with Crippen LogP contribution < -0.4 is 9.64 Å². The molecule has 1 heterocycles. The Bertz CT molecular complexity index is 688. The lowest BCUT2D eigenvalue weighted by Gasteiger charge is -2.15. The van der Waals surface area contributed by atoms with Gasteiger partial charge in [-0.25, -0.2) is 8.78 Å². The Hall–Kier alpha value is -2.45. The minimum atomic E-state index is -4.72. The summed E-state index contributed by atoms with van der Waals surface area (Å²) in [6, 6.07) is 2.41. The van der Waals surface area contributed by atoms with Crippen molar-refractivity contribution in [1.82, 2.24) is 9.97 Å². The largest absolute Gasteiger partial charge is 0.433 e. The van der Waals surface area contributed by atoms with Crippen LogP contribution in [0.15, 0.2) is 24.3 Å². The number of hydrogen-bond donors (Lipinski definition) is 0. The molecule has 0 fully saturated rings. The summed E-state index contributed by atoms with van der Waals surface area (Å²) in [6.45, 7) is 0. The fourth-order valence-electron chi connectivity index (χ4n) is 1.49. The zero-order valence-corrected chi connectivity index (χ0v) is 11.4. The Morgan fingerprint density at radius 1 is 1.05 bits per heavy atom. The van der Waals surface area contributed by atoms with Crippen molar-refractivity contribution in [3.63, 3.8) is 0 Å². The molecular weight excluding hydrogens is 309 g/mol. The first kappa shape index (κ1) is 15.9. The number of benzene rings is 1. The molecule has 0 radical (unpaired) electrons. The molecule has 0 aliphatic heterocycles. The molecule has 0 unspecified atom stereocenters. The lowest BCUT2D eigenvalue weighted by molar-refractivity contribution is -0.141. The van der Waals surface area contributed by atoms with Crippen molar-refractivity contribution >= 4 is 5.82 Å². The van der Waals surface area contributed by atoms with Crippen LogP contribution in [-0.4, -0.2) is 24.1 Å². The first-order chi connectivity index (χ1) is 10.2. The maximum atomic E-state index is 13.5. The van der Waals surface area contributed by atoms with E-state index in [0.717, 1.165) is 18.2 Å². The Kier molecular flexibility index (Phi) is 4.16. The van der Waals surface area contributed by atoms with Gasteiger partial charge in [-0.05, 0) is 12.1 Å². The van der Waals surface area contributed by atoms with Crippen LogP contribution in [0.1, 0.15) is 5.69 Å². The fraction of sp³-hybridized carbons (Fsp3) is 0.231. The number of anilines is 1. The second kappa shape index (κ2) is 5.74. The molecule has 0 N–H and O–H groups in total. The predicted octanol–water partition coefficient (Wildman–Crippen LogP) is 3.63. The Balaban J connectivity index is 2.43. The van der Waals surface area contributed by atoms with Crippen LogP contribution in [-0.2, 0) is 6.18 Å². The molecule has 2 aromatic rings. The molecule has 0 bridgehead atoms. The van der Waals surface area contributed by atoms with E-state index in [0.29, 0.717) is 6.07 Å². The third-order valence-electron chi connectivity index (χ3n) is 2.54. The average molecular weight is 319 g/mol. The summed E-state index contributed by atoms with van der Waals surface area (Å²) in [5.41, 5.74) is -1.23. The molecule has 1 aromatic heterocycles. The molecule has 2 rings (SSSR count). The summed E-state index contributed by atoms with van der Waals surface area (Å²) in [7, 11) is 2.95. The number of rotatable bonds is 3. The first-order valence-corrected chi connectivity index (χ1v) is 5.93. The van der Waals surface area contributed by atoms with Crippen LogP contribution in [0, 0.1) is 11.6 Å². The van der Waals surface area contributed by atoms with Crippen LogP contribution in [0.4, 0.5) is 27.8 Å². The van der Waals surface area contributed by atoms with Gasteiger partial charge in [0.2, 0.25) is 0 Å². The van der Waals surface area contributed by atoms with Crippen LogP contribution in [0.25, 0.3) is 0 Å². The third-order valence-corrected chi connectivity index (χ3v) is 2.54. The maximum Gasteiger partial charge on any atom is 0.433 e. The molecule has 0 atom stereocenters. The van der Waals surface area contributed by atoms with Gasteiger partial charge in [-0.2, -0.15) is 23.1 Å². The second-order valence-electron chi connectivity index (χ2n) is 4.46. The highest BCUT2D eigenvalue weighted by atomic mass is 19.4. The van der Waals surface area contributed by atoms with Gasteiger partial charge in [0.1, 0.15) is 11.6 Å². The fourth-order valence-corrected chi connectivity index (χ4v) is 1.49. The number of nitrogens with zero attached hydrogens (tertiary/aromatic N) is 3. The minimum Gasteiger partial charge on any atom is -0.421 e. The predicted molar refractivity (Wildman–Crippen MR) is 67.8 cm³/mol. The highest BCUT2D eigenvalue weighted by Crippen LogP contribution is 2.32. The number of hydrogen-bond acceptors (Lipinski definition) is 4. The summed E-state index contributed by atoms with van der Waals surface area (Å²) in [5.74, 6) is -2.47. The molecule has 118 valence electrons. The molecular formula is C13H10F5N3O. The van der Waals surface area contributed by atoms with Crippen LogP contribution in [0.3, 0.4) is 0 Å². The van der Waals surface area contributed by atoms with E-state index in [1.807, 2.05) is 0 Å². The van der Waals surface area contributed by atoms with Crippen molar-refractivity contribution < 1.29 is 26.7 Å². The van der Waals surface area contributed by atoms with Crippen molar-refractivity contribution in [2.24, 2.45) is 0 Å². The van der Waals surface area contributed by atoms with E-state index in [-0.39, 0.29) is 5.82 Å². The quantitative estimate of drug-likeness (QED) is 0.810. The van der Waals surface area contributed by atoms with Crippen molar-refractivity contribution in [2.75, 3.05) is 19.0 Å². The van der Waals surface area contributed by atoms with Gasteiger partial charge < -0.3 is 9.64 Å². The van der Waals surface area contributed by atoms with Crippen LogP contribution >= 0.6 is 0 Å². The number of ether oxygens (including phenoxy) is 1. The number of aromatic nitrogens is 2. The number of alkyl halides is 3. The minimum absolute atomic E-state index is 0.0696.